The molecule has 0 aliphatic rings. The molecule has 0 spiro atoms. The van der Waals surface area contributed by atoms with Crippen molar-refractivity contribution in [1.29, 1.82) is 5.26 Å². The number of likely N-dealkylation sites (N-methyl/N-ethyl adjacent to an activating group) is 1. The summed E-state index contributed by atoms with van der Waals surface area (Å²) in [6.45, 7) is 1.40. The first-order valence-corrected chi connectivity index (χ1v) is 8.28. The molecule has 1 aromatic rings. The van der Waals surface area contributed by atoms with Gasteiger partial charge in [-0.3, -0.25) is 4.79 Å². The lowest BCUT2D eigenvalue weighted by Gasteiger charge is -2.16. The minimum Gasteiger partial charge on any atom is -0.375 e. The molecule has 7 nitrogen and oxygen atoms in total. The molecule has 1 rings (SSSR count). The van der Waals surface area contributed by atoms with Gasteiger partial charge in [0.2, 0.25) is 15.9 Å². The minimum absolute atomic E-state index is 0.0174. The number of hydrogen-bond donors (Lipinski definition) is 2. The monoisotopic (exact) mass is 342 g/mol. The van der Waals surface area contributed by atoms with Gasteiger partial charge in [0.15, 0.2) is 0 Å². The Bertz CT molecular complexity index is 713. The average Bonchev–Trinajstić information content (AvgIpc) is 2.45. The summed E-state index contributed by atoms with van der Waals surface area (Å²) in [5.74, 6) is -0.980. The fourth-order valence-corrected chi connectivity index (χ4v) is 3.14. The summed E-state index contributed by atoms with van der Waals surface area (Å²) in [6, 6.07) is 4.45. The molecule has 0 aromatic heterocycles. The van der Waals surface area contributed by atoms with Gasteiger partial charge >= 0.3 is 0 Å². The van der Waals surface area contributed by atoms with Gasteiger partial charge in [-0.25, -0.2) is 17.5 Å². The van der Waals surface area contributed by atoms with Crippen LogP contribution in [0.5, 0.6) is 0 Å². The van der Waals surface area contributed by atoms with Crippen LogP contribution in [0.2, 0.25) is 0 Å². The quantitative estimate of drug-likeness (QED) is 0.767. The molecule has 1 aromatic carbocycles. The Hall–Kier alpha value is -2.18. The maximum atomic E-state index is 13.4. The molecule has 0 radical (unpaired) electrons. The highest BCUT2D eigenvalue weighted by Crippen LogP contribution is 2.22. The van der Waals surface area contributed by atoms with Crippen molar-refractivity contribution < 1.29 is 17.6 Å². The predicted octanol–water partition coefficient (Wildman–Crippen LogP) is 0.906. The topological polar surface area (TPSA) is 102 Å². The van der Waals surface area contributed by atoms with Gasteiger partial charge in [-0.2, -0.15) is 5.26 Å². The number of nitriles is 1. The standard InChI is InChI=1S/C14H19FN4O3S/c1-10(6-7-16)18-23(21,22)13-8-11(15)4-5-12(13)17-9-14(20)19(2)3/h4-5,8,10,17-18H,6,9H2,1-3H3. The summed E-state index contributed by atoms with van der Waals surface area (Å²) in [4.78, 5) is 12.6. The molecule has 0 bridgehead atoms. The zero-order valence-corrected chi connectivity index (χ0v) is 13.9. The number of nitrogens with zero attached hydrogens (tertiary/aromatic N) is 2. The Morgan fingerprint density at radius 3 is 2.65 bits per heavy atom. The molecule has 0 aliphatic carbocycles. The van der Waals surface area contributed by atoms with Crippen LogP contribution in [0.15, 0.2) is 23.1 Å². The molecule has 1 atom stereocenters. The van der Waals surface area contributed by atoms with Gasteiger partial charge in [-0.05, 0) is 25.1 Å². The van der Waals surface area contributed by atoms with Gasteiger partial charge in [0.05, 0.1) is 24.7 Å². The van der Waals surface area contributed by atoms with E-state index in [0.29, 0.717) is 0 Å². The van der Waals surface area contributed by atoms with Gasteiger partial charge in [0.25, 0.3) is 0 Å². The van der Waals surface area contributed by atoms with Crippen LogP contribution < -0.4 is 10.0 Å². The smallest absolute Gasteiger partial charge is 0.243 e. The molecule has 126 valence electrons. The lowest BCUT2D eigenvalue weighted by Crippen LogP contribution is -2.33. The van der Waals surface area contributed by atoms with Crippen molar-refractivity contribution in [3.05, 3.63) is 24.0 Å². The van der Waals surface area contributed by atoms with Gasteiger partial charge in [0, 0.05) is 20.1 Å². The third kappa shape index (κ3) is 5.50. The second-order valence-corrected chi connectivity index (χ2v) is 6.85. The van der Waals surface area contributed by atoms with E-state index < -0.39 is 21.9 Å². The van der Waals surface area contributed by atoms with Crippen molar-refractivity contribution in [1.82, 2.24) is 9.62 Å². The molecule has 23 heavy (non-hydrogen) atoms. The van der Waals surface area contributed by atoms with E-state index in [1.54, 1.807) is 14.1 Å². The van der Waals surface area contributed by atoms with Crippen molar-refractivity contribution in [2.45, 2.75) is 24.3 Å². The first-order valence-electron chi connectivity index (χ1n) is 6.80. The maximum absolute atomic E-state index is 13.4. The van der Waals surface area contributed by atoms with Crippen molar-refractivity contribution in [2.75, 3.05) is 26.0 Å². The van der Waals surface area contributed by atoms with Gasteiger partial charge in [0.1, 0.15) is 10.7 Å². The number of halogens is 1. The number of anilines is 1. The number of benzene rings is 1. The highest BCUT2D eigenvalue weighted by atomic mass is 32.2. The number of carbonyl (C=O) groups excluding carboxylic acids is 1. The molecule has 1 amide bonds. The van der Waals surface area contributed by atoms with E-state index in [4.69, 9.17) is 5.26 Å². The van der Waals surface area contributed by atoms with Gasteiger partial charge in [-0.15, -0.1) is 0 Å². The Morgan fingerprint density at radius 2 is 2.09 bits per heavy atom. The molecule has 0 saturated carbocycles. The largest absolute Gasteiger partial charge is 0.375 e. The van der Waals surface area contributed by atoms with E-state index >= 15 is 0 Å². The molecule has 0 fully saturated rings. The van der Waals surface area contributed by atoms with Crippen LogP contribution in [0.25, 0.3) is 0 Å². The second kappa shape index (κ2) is 7.89. The summed E-state index contributed by atoms with van der Waals surface area (Å²) in [6.07, 6.45) is -0.0174. The summed E-state index contributed by atoms with van der Waals surface area (Å²) in [5, 5.41) is 11.3. The molecule has 0 saturated heterocycles. The summed E-state index contributed by atoms with van der Waals surface area (Å²) < 4.78 is 40.4. The number of sulfonamides is 1. The van der Waals surface area contributed by atoms with E-state index in [9.17, 15) is 17.6 Å². The Labute approximate surface area is 135 Å². The Balaban J connectivity index is 3.07. The molecule has 0 heterocycles. The fourth-order valence-electron chi connectivity index (χ4n) is 1.70. The maximum Gasteiger partial charge on any atom is 0.243 e. The fraction of sp³-hybridized carbons (Fsp3) is 0.429. The first kappa shape index (κ1) is 18.9. The van der Waals surface area contributed by atoms with Crippen LogP contribution in [0.3, 0.4) is 0 Å². The van der Waals surface area contributed by atoms with Crippen LogP contribution in [-0.2, 0) is 14.8 Å². The molecular weight excluding hydrogens is 323 g/mol. The summed E-state index contributed by atoms with van der Waals surface area (Å²) in [5.41, 5.74) is 0.109. The zero-order valence-electron chi connectivity index (χ0n) is 13.1. The van der Waals surface area contributed by atoms with Crippen molar-refractivity contribution in [3.8, 4) is 6.07 Å². The number of amides is 1. The van der Waals surface area contributed by atoms with E-state index in [2.05, 4.69) is 10.0 Å². The molecule has 9 heteroatoms. The zero-order chi connectivity index (χ0) is 17.6. The van der Waals surface area contributed by atoms with Crippen molar-refractivity contribution in [3.63, 3.8) is 0 Å². The lowest BCUT2D eigenvalue weighted by molar-refractivity contribution is -0.126. The highest BCUT2D eigenvalue weighted by molar-refractivity contribution is 7.89. The Kier molecular flexibility index (Phi) is 6.48. The van der Waals surface area contributed by atoms with Crippen LogP contribution >= 0.6 is 0 Å². The number of nitrogens with one attached hydrogen (secondary N) is 2. The Morgan fingerprint density at radius 1 is 1.43 bits per heavy atom. The highest BCUT2D eigenvalue weighted by Gasteiger charge is 2.22. The molecule has 1 unspecified atom stereocenters. The predicted molar refractivity (Wildman–Crippen MR) is 83.6 cm³/mol. The van der Waals surface area contributed by atoms with Crippen LogP contribution in [0.4, 0.5) is 10.1 Å². The van der Waals surface area contributed by atoms with E-state index in [1.807, 2.05) is 6.07 Å². The van der Waals surface area contributed by atoms with Crippen LogP contribution in [0, 0.1) is 17.1 Å². The SMILES string of the molecule is CC(CC#N)NS(=O)(=O)c1cc(F)ccc1NCC(=O)N(C)C. The van der Waals surface area contributed by atoms with E-state index in [0.717, 1.165) is 12.1 Å². The number of hydrogen-bond acceptors (Lipinski definition) is 5. The lowest BCUT2D eigenvalue weighted by atomic mass is 10.3. The number of carbonyl (C=O) groups is 1. The third-order valence-electron chi connectivity index (χ3n) is 2.92. The molecular formula is C14H19FN4O3S. The molecule has 2 N–H and O–H groups in total. The third-order valence-corrected chi connectivity index (χ3v) is 4.55. The summed E-state index contributed by atoms with van der Waals surface area (Å²) >= 11 is 0. The number of rotatable bonds is 7. The summed E-state index contributed by atoms with van der Waals surface area (Å²) in [7, 11) is -0.898. The van der Waals surface area contributed by atoms with E-state index in [-0.39, 0.29) is 29.5 Å². The molecule has 0 aliphatic heterocycles. The van der Waals surface area contributed by atoms with Crippen molar-refractivity contribution >= 4 is 21.6 Å². The normalized spacial score (nSPS) is 12.3. The first-order chi connectivity index (χ1) is 10.7. The van der Waals surface area contributed by atoms with Gasteiger partial charge in [-0.1, -0.05) is 0 Å². The minimum atomic E-state index is -4.03. The van der Waals surface area contributed by atoms with Crippen molar-refractivity contribution in [2.24, 2.45) is 0 Å². The van der Waals surface area contributed by atoms with E-state index in [1.165, 1.54) is 17.9 Å². The average molecular weight is 342 g/mol. The van der Waals surface area contributed by atoms with Gasteiger partial charge < -0.3 is 10.2 Å². The second-order valence-electron chi connectivity index (χ2n) is 5.17. The van der Waals surface area contributed by atoms with Crippen LogP contribution in [-0.4, -0.2) is 45.9 Å². The van der Waals surface area contributed by atoms with Crippen LogP contribution in [0.1, 0.15) is 13.3 Å².